The number of nitrogens with zero attached hydrogens (tertiary/aromatic N) is 2. The molecule has 1 heterocycles. The molecule has 0 bridgehead atoms. The Bertz CT molecular complexity index is 479. The van der Waals surface area contributed by atoms with Crippen LogP contribution in [-0.2, 0) is 0 Å². The number of anilines is 1. The third kappa shape index (κ3) is 3.39. The summed E-state index contributed by atoms with van der Waals surface area (Å²) in [4.78, 5) is 13.1. The summed E-state index contributed by atoms with van der Waals surface area (Å²) in [6.07, 6.45) is 1.13. The van der Waals surface area contributed by atoms with Gasteiger partial charge in [0.25, 0.3) is 0 Å². The summed E-state index contributed by atoms with van der Waals surface area (Å²) in [6, 6.07) is 5.15. The first kappa shape index (κ1) is 14.6. The van der Waals surface area contributed by atoms with Gasteiger partial charge in [-0.1, -0.05) is 6.07 Å². The highest BCUT2D eigenvalue weighted by Crippen LogP contribution is 2.35. The number of likely N-dealkylation sites (tertiary alicyclic amines) is 1. The molecule has 0 aliphatic carbocycles. The van der Waals surface area contributed by atoms with Gasteiger partial charge in [0.15, 0.2) is 5.75 Å². The second-order valence-corrected chi connectivity index (χ2v) is 5.14. The Morgan fingerprint density at radius 1 is 1.55 bits per heavy atom. The number of hydrogen-bond donors (Lipinski definition) is 1. The van der Waals surface area contributed by atoms with Crippen LogP contribution in [0.5, 0.6) is 5.75 Å². The van der Waals surface area contributed by atoms with Crippen molar-refractivity contribution < 1.29 is 9.66 Å². The van der Waals surface area contributed by atoms with Gasteiger partial charge in [0.05, 0.1) is 11.5 Å². The maximum absolute atomic E-state index is 11.2. The molecular formula is C14H21N3O3. The van der Waals surface area contributed by atoms with Gasteiger partial charge in [0.2, 0.25) is 0 Å². The van der Waals surface area contributed by atoms with E-state index in [0.29, 0.717) is 24.0 Å². The van der Waals surface area contributed by atoms with Gasteiger partial charge in [-0.25, -0.2) is 0 Å². The molecule has 1 aliphatic rings. The molecule has 1 unspecified atom stereocenters. The van der Waals surface area contributed by atoms with Crippen LogP contribution < -0.4 is 10.1 Å². The standard InChI is InChI=1S/C14H21N3O3/c1-3-20-13-6-4-5-12(14(13)17(18)19)15-9-11-7-8-16(2)10-11/h4-6,11,15H,3,7-10H2,1-2H3. The van der Waals surface area contributed by atoms with Gasteiger partial charge < -0.3 is 15.0 Å². The van der Waals surface area contributed by atoms with Crippen molar-refractivity contribution in [3.63, 3.8) is 0 Å². The lowest BCUT2D eigenvalue weighted by Crippen LogP contribution is -2.19. The number of benzene rings is 1. The molecule has 1 atom stereocenters. The summed E-state index contributed by atoms with van der Waals surface area (Å²) < 4.78 is 5.34. The molecule has 1 N–H and O–H groups in total. The van der Waals surface area contributed by atoms with Crippen LogP contribution in [0.3, 0.4) is 0 Å². The largest absolute Gasteiger partial charge is 0.487 e. The zero-order valence-corrected chi connectivity index (χ0v) is 12.0. The zero-order valence-electron chi connectivity index (χ0n) is 12.0. The molecule has 2 rings (SSSR count). The molecule has 0 aromatic heterocycles. The Morgan fingerprint density at radius 2 is 2.35 bits per heavy atom. The van der Waals surface area contributed by atoms with Gasteiger partial charge in [-0.15, -0.1) is 0 Å². The van der Waals surface area contributed by atoms with Gasteiger partial charge in [0, 0.05) is 13.1 Å². The molecule has 1 aliphatic heterocycles. The fraction of sp³-hybridized carbons (Fsp3) is 0.571. The molecule has 110 valence electrons. The molecule has 1 aromatic carbocycles. The van der Waals surface area contributed by atoms with E-state index in [0.717, 1.165) is 26.1 Å². The van der Waals surface area contributed by atoms with E-state index < -0.39 is 0 Å². The number of rotatable bonds is 6. The lowest BCUT2D eigenvalue weighted by molar-refractivity contribution is -0.384. The average Bonchev–Trinajstić information content (AvgIpc) is 2.82. The molecule has 0 saturated carbocycles. The third-order valence-corrected chi connectivity index (χ3v) is 3.55. The molecule has 6 nitrogen and oxygen atoms in total. The maximum Gasteiger partial charge on any atom is 0.333 e. The first-order valence-corrected chi connectivity index (χ1v) is 6.94. The van der Waals surface area contributed by atoms with Crippen molar-refractivity contribution in [2.24, 2.45) is 5.92 Å². The average molecular weight is 279 g/mol. The third-order valence-electron chi connectivity index (χ3n) is 3.55. The summed E-state index contributed by atoms with van der Waals surface area (Å²) in [5.74, 6) is 0.862. The molecule has 1 fully saturated rings. The lowest BCUT2D eigenvalue weighted by Gasteiger charge is -2.14. The van der Waals surface area contributed by atoms with Crippen LogP contribution >= 0.6 is 0 Å². The minimum absolute atomic E-state index is 0.0284. The number of nitro benzene ring substituents is 1. The minimum Gasteiger partial charge on any atom is -0.487 e. The molecule has 0 spiro atoms. The van der Waals surface area contributed by atoms with Crippen LogP contribution in [0, 0.1) is 16.0 Å². The predicted molar refractivity (Wildman–Crippen MR) is 78.4 cm³/mol. The number of para-hydroxylation sites is 1. The second kappa shape index (κ2) is 6.56. The Balaban J connectivity index is 2.10. The van der Waals surface area contributed by atoms with E-state index in [9.17, 15) is 10.1 Å². The van der Waals surface area contributed by atoms with Gasteiger partial charge in [-0.05, 0) is 45.0 Å². The van der Waals surface area contributed by atoms with Gasteiger partial charge in [0.1, 0.15) is 5.69 Å². The Hall–Kier alpha value is -1.82. The molecule has 6 heteroatoms. The first-order valence-electron chi connectivity index (χ1n) is 6.94. The molecule has 20 heavy (non-hydrogen) atoms. The summed E-state index contributed by atoms with van der Waals surface area (Å²) in [7, 11) is 2.10. The molecular weight excluding hydrogens is 258 g/mol. The highest BCUT2D eigenvalue weighted by molar-refractivity contribution is 5.68. The van der Waals surface area contributed by atoms with E-state index >= 15 is 0 Å². The van der Waals surface area contributed by atoms with Crippen LogP contribution in [0.25, 0.3) is 0 Å². The topological polar surface area (TPSA) is 67.6 Å². The van der Waals surface area contributed by atoms with Crippen LogP contribution in [0.2, 0.25) is 0 Å². The van der Waals surface area contributed by atoms with E-state index in [1.807, 2.05) is 6.92 Å². The molecule has 0 amide bonds. The number of nitrogens with one attached hydrogen (secondary N) is 1. The molecule has 1 aromatic rings. The Morgan fingerprint density at radius 3 is 2.95 bits per heavy atom. The van der Waals surface area contributed by atoms with E-state index in [4.69, 9.17) is 4.74 Å². The highest BCUT2D eigenvalue weighted by Gasteiger charge is 2.23. The van der Waals surface area contributed by atoms with E-state index in [2.05, 4.69) is 17.3 Å². The van der Waals surface area contributed by atoms with Crippen LogP contribution in [-0.4, -0.2) is 43.1 Å². The van der Waals surface area contributed by atoms with Crippen molar-refractivity contribution in [3.05, 3.63) is 28.3 Å². The Labute approximate surface area is 118 Å². The van der Waals surface area contributed by atoms with Crippen LogP contribution in [0.1, 0.15) is 13.3 Å². The van der Waals surface area contributed by atoms with Crippen molar-refractivity contribution in [1.29, 1.82) is 0 Å². The fourth-order valence-corrected chi connectivity index (χ4v) is 2.57. The van der Waals surface area contributed by atoms with Crippen LogP contribution in [0.4, 0.5) is 11.4 Å². The van der Waals surface area contributed by atoms with Gasteiger partial charge >= 0.3 is 5.69 Å². The van der Waals surface area contributed by atoms with Gasteiger partial charge in [-0.2, -0.15) is 0 Å². The SMILES string of the molecule is CCOc1cccc(NCC2CCN(C)C2)c1[N+](=O)[O-]. The summed E-state index contributed by atoms with van der Waals surface area (Å²) in [6.45, 7) is 5.11. The molecule has 1 saturated heterocycles. The summed E-state index contributed by atoms with van der Waals surface area (Å²) in [5.41, 5.74) is 0.566. The number of ether oxygens (including phenoxy) is 1. The van der Waals surface area contributed by atoms with Crippen molar-refractivity contribution in [2.75, 3.05) is 38.6 Å². The fourth-order valence-electron chi connectivity index (χ4n) is 2.57. The first-order chi connectivity index (χ1) is 9.61. The summed E-state index contributed by atoms with van der Waals surface area (Å²) >= 11 is 0. The normalized spacial score (nSPS) is 19.0. The quantitative estimate of drug-likeness (QED) is 0.639. The number of nitro groups is 1. The van der Waals surface area contributed by atoms with Crippen molar-refractivity contribution in [3.8, 4) is 5.75 Å². The smallest absolute Gasteiger partial charge is 0.333 e. The highest BCUT2D eigenvalue weighted by atomic mass is 16.6. The van der Waals surface area contributed by atoms with E-state index in [1.165, 1.54) is 0 Å². The van der Waals surface area contributed by atoms with E-state index in [1.54, 1.807) is 18.2 Å². The minimum atomic E-state index is -0.381. The predicted octanol–water partition coefficient (Wildman–Crippen LogP) is 2.36. The van der Waals surface area contributed by atoms with Crippen molar-refractivity contribution in [2.45, 2.75) is 13.3 Å². The lowest BCUT2D eigenvalue weighted by atomic mass is 10.1. The maximum atomic E-state index is 11.2. The molecule has 0 radical (unpaired) electrons. The summed E-state index contributed by atoms with van der Waals surface area (Å²) in [5, 5.41) is 14.5. The van der Waals surface area contributed by atoms with E-state index in [-0.39, 0.29) is 10.6 Å². The van der Waals surface area contributed by atoms with Crippen molar-refractivity contribution in [1.82, 2.24) is 4.90 Å². The monoisotopic (exact) mass is 279 g/mol. The van der Waals surface area contributed by atoms with Gasteiger partial charge in [-0.3, -0.25) is 10.1 Å². The Kier molecular flexibility index (Phi) is 4.79. The zero-order chi connectivity index (χ0) is 14.5. The van der Waals surface area contributed by atoms with Crippen molar-refractivity contribution >= 4 is 11.4 Å². The number of hydrogen-bond acceptors (Lipinski definition) is 5. The second-order valence-electron chi connectivity index (χ2n) is 5.14. The van der Waals surface area contributed by atoms with Crippen LogP contribution in [0.15, 0.2) is 18.2 Å².